The Labute approximate surface area is 191 Å². The lowest BCUT2D eigenvalue weighted by Gasteiger charge is -2.35. The molecule has 164 valence electrons. The molecule has 0 aliphatic carbocycles. The van der Waals surface area contributed by atoms with Gasteiger partial charge in [-0.3, -0.25) is 14.5 Å². The smallest absolute Gasteiger partial charge is 0.260 e. The summed E-state index contributed by atoms with van der Waals surface area (Å²) in [5, 5.41) is 0.466. The number of halogens is 1. The Morgan fingerprint density at radius 3 is 2.59 bits per heavy atom. The van der Waals surface area contributed by atoms with Crippen LogP contribution in [0, 0.1) is 0 Å². The predicted octanol–water partition coefficient (Wildman–Crippen LogP) is 3.15. The third kappa shape index (κ3) is 4.01. The van der Waals surface area contributed by atoms with Crippen LogP contribution in [0.4, 0.5) is 5.69 Å². The molecule has 3 aromatic rings. The first kappa shape index (κ1) is 20.7. The van der Waals surface area contributed by atoms with Gasteiger partial charge < -0.3 is 14.4 Å². The molecule has 1 saturated heterocycles. The SMILES string of the molecule is O=C(c1cccc(N2Cc3cccc(Cl)c3C2=O)c1)N1CCN(CCn2ccnc2)CC1. The third-order valence-electron chi connectivity index (χ3n) is 6.19. The lowest BCUT2D eigenvalue weighted by Crippen LogP contribution is -2.49. The van der Waals surface area contributed by atoms with Gasteiger partial charge in [-0.25, -0.2) is 4.98 Å². The van der Waals surface area contributed by atoms with Crippen molar-refractivity contribution in [2.45, 2.75) is 13.1 Å². The molecule has 1 fully saturated rings. The van der Waals surface area contributed by atoms with Crippen molar-refractivity contribution in [3.63, 3.8) is 0 Å². The van der Waals surface area contributed by atoms with Crippen molar-refractivity contribution in [2.75, 3.05) is 37.6 Å². The Hall–Kier alpha value is -3.16. The topological polar surface area (TPSA) is 61.7 Å². The van der Waals surface area contributed by atoms with Crippen LogP contribution in [0.1, 0.15) is 26.3 Å². The molecule has 2 amide bonds. The van der Waals surface area contributed by atoms with E-state index in [0.717, 1.165) is 31.7 Å². The van der Waals surface area contributed by atoms with Crippen LogP contribution in [0.5, 0.6) is 0 Å². The number of benzene rings is 2. The maximum Gasteiger partial charge on any atom is 0.260 e. The molecule has 0 radical (unpaired) electrons. The molecule has 0 spiro atoms. The fraction of sp³-hybridized carbons (Fsp3) is 0.292. The number of carbonyl (C=O) groups is 2. The van der Waals surface area contributed by atoms with Gasteiger partial charge in [-0.2, -0.15) is 0 Å². The third-order valence-corrected chi connectivity index (χ3v) is 6.50. The number of hydrogen-bond donors (Lipinski definition) is 0. The van der Waals surface area contributed by atoms with E-state index in [0.29, 0.717) is 41.5 Å². The van der Waals surface area contributed by atoms with Crippen molar-refractivity contribution in [3.05, 3.63) is 82.9 Å². The standard InChI is InChI=1S/C24H24ClN5O2/c25-21-6-2-4-19-16-30(24(32)22(19)21)20-5-1-3-18(15-20)23(31)29-13-11-27(12-14-29)9-10-28-8-7-26-17-28/h1-8,15,17H,9-14,16H2. The van der Waals surface area contributed by atoms with Crippen molar-refractivity contribution in [3.8, 4) is 0 Å². The fourth-order valence-electron chi connectivity index (χ4n) is 4.37. The lowest BCUT2D eigenvalue weighted by atomic mass is 10.1. The van der Waals surface area contributed by atoms with Gasteiger partial charge in [0.05, 0.1) is 23.5 Å². The maximum atomic E-state index is 13.1. The largest absolute Gasteiger partial charge is 0.336 e. The van der Waals surface area contributed by atoms with Crippen LogP contribution in [0.3, 0.4) is 0 Å². The molecule has 2 aliphatic rings. The number of nitrogens with zero attached hydrogens (tertiary/aromatic N) is 5. The van der Waals surface area contributed by atoms with E-state index in [1.165, 1.54) is 0 Å². The van der Waals surface area contributed by atoms with Gasteiger partial charge in [-0.05, 0) is 29.8 Å². The van der Waals surface area contributed by atoms with Crippen LogP contribution >= 0.6 is 11.6 Å². The van der Waals surface area contributed by atoms with Crippen LogP contribution in [0.15, 0.2) is 61.2 Å². The molecule has 0 unspecified atom stereocenters. The van der Waals surface area contributed by atoms with E-state index in [9.17, 15) is 9.59 Å². The summed E-state index contributed by atoms with van der Waals surface area (Å²) < 4.78 is 2.06. The number of aromatic nitrogens is 2. The van der Waals surface area contributed by atoms with Gasteiger partial charge >= 0.3 is 0 Å². The second kappa shape index (κ2) is 8.76. The molecule has 2 aromatic carbocycles. The van der Waals surface area contributed by atoms with Gasteiger partial charge in [0.1, 0.15) is 0 Å². The molecule has 1 aromatic heterocycles. The molecule has 8 heteroatoms. The zero-order chi connectivity index (χ0) is 22.1. The summed E-state index contributed by atoms with van der Waals surface area (Å²) in [6.07, 6.45) is 5.57. The molecular formula is C24H24ClN5O2. The molecule has 0 bridgehead atoms. The van der Waals surface area contributed by atoms with E-state index in [1.54, 1.807) is 17.2 Å². The normalized spacial score (nSPS) is 16.5. The number of imidazole rings is 1. The maximum absolute atomic E-state index is 13.1. The van der Waals surface area contributed by atoms with Gasteiger partial charge in [-0.1, -0.05) is 29.8 Å². The second-order valence-electron chi connectivity index (χ2n) is 8.15. The summed E-state index contributed by atoms with van der Waals surface area (Å²) in [4.78, 5) is 36.1. The van der Waals surface area contributed by atoms with E-state index in [4.69, 9.17) is 11.6 Å². The summed E-state index contributed by atoms with van der Waals surface area (Å²) in [7, 11) is 0. The lowest BCUT2D eigenvalue weighted by molar-refractivity contribution is 0.0633. The van der Waals surface area contributed by atoms with Crippen molar-refractivity contribution in [2.24, 2.45) is 0 Å². The van der Waals surface area contributed by atoms with E-state index in [2.05, 4.69) is 14.5 Å². The van der Waals surface area contributed by atoms with Crippen LogP contribution in [-0.4, -0.2) is 63.9 Å². The van der Waals surface area contributed by atoms with Crippen LogP contribution in [0.2, 0.25) is 5.02 Å². The number of amides is 2. The fourth-order valence-corrected chi connectivity index (χ4v) is 4.64. The molecule has 2 aliphatic heterocycles. The number of anilines is 1. The highest BCUT2D eigenvalue weighted by Crippen LogP contribution is 2.33. The monoisotopic (exact) mass is 449 g/mol. The number of rotatable bonds is 5. The first-order valence-electron chi connectivity index (χ1n) is 10.8. The summed E-state index contributed by atoms with van der Waals surface area (Å²) in [5.41, 5.74) is 2.78. The Kier molecular flexibility index (Phi) is 5.68. The summed E-state index contributed by atoms with van der Waals surface area (Å²) in [6, 6.07) is 12.8. The number of hydrogen-bond acceptors (Lipinski definition) is 4. The van der Waals surface area contributed by atoms with Crippen LogP contribution in [-0.2, 0) is 13.1 Å². The van der Waals surface area contributed by atoms with E-state index >= 15 is 0 Å². The quantitative estimate of drug-likeness (QED) is 0.600. The Balaban J connectivity index is 1.23. The minimum atomic E-state index is -0.123. The Bertz CT molecular complexity index is 1140. The molecule has 0 saturated carbocycles. The van der Waals surface area contributed by atoms with E-state index in [1.807, 2.05) is 53.8 Å². The summed E-state index contributed by atoms with van der Waals surface area (Å²) in [5.74, 6) is -0.120. The van der Waals surface area contributed by atoms with Crippen molar-refractivity contribution < 1.29 is 9.59 Å². The summed E-state index contributed by atoms with van der Waals surface area (Å²) >= 11 is 6.25. The molecule has 3 heterocycles. The highest BCUT2D eigenvalue weighted by atomic mass is 35.5. The Morgan fingerprint density at radius 1 is 1.03 bits per heavy atom. The first-order chi connectivity index (χ1) is 15.6. The minimum absolute atomic E-state index is 0.00306. The van der Waals surface area contributed by atoms with Gasteiger partial charge in [0, 0.05) is 62.9 Å². The Morgan fingerprint density at radius 2 is 1.84 bits per heavy atom. The van der Waals surface area contributed by atoms with Crippen molar-refractivity contribution in [1.82, 2.24) is 19.4 Å². The van der Waals surface area contributed by atoms with Crippen molar-refractivity contribution >= 4 is 29.1 Å². The molecule has 0 atom stereocenters. The predicted molar refractivity (Wildman–Crippen MR) is 123 cm³/mol. The number of carbonyl (C=O) groups excluding carboxylic acids is 2. The molecule has 32 heavy (non-hydrogen) atoms. The van der Waals surface area contributed by atoms with Crippen molar-refractivity contribution in [1.29, 1.82) is 0 Å². The summed E-state index contributed by atoms with van der Waals surface area (Å²) in [6.45, 7) is 5.37. The minimum Gasteiger partial charge on any atom is -0.336 e. The average molecular weight is 450 g/mol. The highest BCUT2D eigenvalue weighted by molar-refractivity contribution is 6.35. The first-order valence-corrected chi connectivity index (χ1v) is 11.1. The zero-order valence-corrected chi connectivity index (χ0v) is 18.4. The zero-order valence-electron chi connectivity index (χ0n) is 17.7. The van der Waals surface area contributed by atoms with Gasteiger partial charge in [0.2, 0.25) is 0 Å². The van der Waals surface area contributed by atoms with E-state index in [-0.39, 0.29) is 11.8 Å². The highest BCUT2D eigenvalue weighted by Gasteiger charge is 2.31. The number of fused-ring (bicyclic) bond motifs is 1. The van der Waals surface area contributed by atoms with Crippen LogP contribution in [0.25, 0.3) is 0 Å². The molecule has 7 nitrogen and oxygen atoms in total. The average Bonchev–Trinajstić information content (AvgIpc) is 3.46. The molecular weight excluding hydrogens is 426 g/mol. The van der Waals surface area contributed by atoms with Gasteiger partial charge in [0.15, 0.2) is 0 Å². The second-order valence-corrected chi connectivity index (χ2v) is 8.56. The molecule has 5 rings (SSSR count). The van der Waals surface area contributed by atoms with E-state index < -0.39 is 0 Å². The van der Waals surface area contributed by atoms with Gasteiger partial charge in [0.25, 0.3) is 11.8 Å². The van der Waals surface area contributed by atoms with Crippen LogP contribution < -0.4 is 4.90 Å². The number of piperazine rings is 1. The van der Waals surface area contributed by atoms with Gasteiger partial charge in [-0.15, -0.1) is 0 Å². The molecule has 0 N–H and O–H groups in total.